The second kappa shape index (κ2) is 9.51. The van der Waals surface area contributed by atoms with Crippen molar-refractivity contribution in [1.29, 1.82) is 0 Å². The molecular weight excluding hydrogens is 437 g/mol. The molecule has 1 aromatic heterocycles. The van der Waals surface area contributed by atoms with Crippen LogP contribution >= 0.6 is 23.4 Å². The van der Waals surface area contributed by atoms with Crippen molar-refractivity contribution >= 4 is 23.4 Å². The number of thioether (sulfide) groups is 1. The summed E-state index contributed by atoms with van der Waals surface area (Å²) in [5.41, 5.74) is 2.30. The van der Waals surface area contributed by atoms with Crippen LogP contribution in [0.15, 0.2) is 78.0 Å². The zero-order valence-corrected chi connectivity index (χ0v) is 18.1. The number of ether oxygens (including phenoxy) is 1. The van der Waals surface area contributed by atoms with Crippen LogP contribution in [0.4, 0.5) is 4.39 Å². The maximum Gasteiger partial charge on any atom is 0.196 e. The Labute approximate surface area is 188 Å². The summed E-state index contributed by atoms with van der Waals surface area (Å²) in [4.78, 5) is 0. The Balaban J connectivity index is 1.68. The van der Waals surface area contributed by atoms with Gasteiger partial charge in [0.25, 0.3) is 0 Å². The van der Waals surface area contributed by atoms with Gasteiger partial charge in [0.15, 0.2) is 11.0 Å². The van der Waals surface area contributed by atoms with Gasteiger partial charge in [-0.3, -0.25) is 4.57 Å². The van der Waals surface area contributed by atoms with Crippen molar-refractivity contribution < 1.29 is 14.2 Å². The Morgan fingerprint density at radius 3 is 2.48 bits per heavy atom. The van der Waals surface area contributed by atoms with Crippen molar-refractivity contribution in [2.45, 2.75) is 11.3 Å². The molecule has 0 aliphatic heterocycles. The van der Waals surface area contributed by atoms with Gasteiger partial charge in [0, 0.05) is 11.3 Å². The number of nitrogens with zero attached hydrogens (tertiary/aromatic N) is 3. The molecule has 1 heterocycles. The first-order chi connectivity index (χ1) is 15.1. The third-order valence-electron chi connectivity index (χ3n) is 4.68. The molecule has 3 aromatic carbocycles. The van der Waals surface area contributed by atoms with E-state index in [1.54, 1.807) is 31.4 Å². The average molecular weight is 456 g/mol. The van der Waals surface area contributed by atoms with Crippen LogP contribution in [0.5, 0.6) is 5.75 Å². The predicted molar refractivity (Wildman–Crippen MR) is 120 cm³/mol. The Bertz CT molecular complexity index is 1170. The van der Waals surface area contributed by atoms with Gasteiger partial charge in [0.05, 0.1) is 23.9 Å². The summed E-state index contributed by atoms with van der Waals surface area (Å²) in [6.45, 7) is 0. The number of hydrogen-bond acceptors (Lipinski definition) is 5. The molecule has 0 aliphatic rings. The highest BCUT2D eigenvalue weighted by molar-refractivity contribution is 7.99. The van der Waals surface area contributed by atoms with Gasteiger partial charge in [-0.15, -0.1) is 10.2 Å². The van der Waals surface area contributed by atoms with E-state index in [4.69, 9.17) is 16.3 Å². The van der Waals surface area contributed by atoms with E-state index in [0.717, 1.165) is 11.3 Å². The normalized spacial score (nSPS) is 12.0. The van der Waals surface area contributed by atoms with Gasteiger partial charge in [0.1, 0.15) is 11.6 Å². The van der Waals surface area contributed by atoms with Crippen molar-refractivity contribution in [2.75, 3.05) is 12.9 Å². The summed E-state index contributed by atoms with van der Waals surface area (Å²) in [5, 5.41) is 20.3. The lowest BCUT2D eigenvalue weighted by Gasteiger charge is -2.14. The van der Waals surface area contributed by atoms with Crippen LogP contribution in [0.25, 0.3) is 17.1 Å². The summed E-state index contributed by atoms with van der Waals surface area (Å²) in [6.07, 6.45) is -0.782. The number of hydrogen-bond donors (Lipinski definition) is 1. The third-order valence-corrected chi connectivity index (χ3v) is 5.98. The fourth-order valence-electron chi connectivity index (χ4n) is 3.10. The van der Waals surface area contributed by atoms with Gasteiger partial charge in [0.2, 0.25) is 0 Å². The van der Waals surface area contributed by atoms with Gasteiger partial charge < -0.3 is 9.84 Å². The van der Waals surface area contributed by atoms with E-state index in [2.05, 4.69) is 10.2 Å². The molecule has 158 valence electrons. The highest BCUT2D eigenvalue weighted by Gasteiger charge is 2.19. The van der Waals surface area contributed by atoms with Gasteiger partial charge in [-0.2, -0.15) is 0 Å². The molecule has 1 atom stereocenters. The molecular formula is C23H19ClFN3O2S. The number of aromatic nitrogens is 3. The molecule has 8 heteroatoms. The Kier molecular flexibility index (Phi) is 6.56. The Morgan fingerprint density at radius 2 is 1.81 bits per heavy atom. The fraction of sp³-hybridized carbons (Fsp3) is 0.130. The lowest BCUT2D eigenvalue weighted by atomic mass is 10.1. The van der Waals surface area contributed by atoms with Gasteiger partial charge in [-0.05, 0) is 35.9 Å². The molecule has 31 heavy (non-hydrogen) atoms. The van der Waals surface area contributed by atoms with E-state index in [1.807, 2.05) is 41.0 Å². The molecule has 0 amide bonds. The van der Waals surface area contributed by atoms with Crippen LogP contribution in [-0.2, 0) is 0 Å². The number of aliphatic hydroxyl groups is 1. The van der Waals surface area contributed by atoms with E-state index in [1.165, 1.54) is 23.9 Å². The molecule has 5 nitrogen and oxygen atoms in total. The van der Waals surface area contributed by atoms with E-state index in [-0.39, 0.29) is 5.82 Å². The van der Waals surface area contributed by atoms with Crippen LogP contribution < -0.4 is 4.74 Å². The van der Waals surface area contributed by atoms with E-state index in [9.17, 15) is 9.50 Å². The van der Waals surface area contributed by atoms with Crippen molar-refractivity contribution in [2.24, 2.45) is 0 Å². The summed E-state index contributed by atoms with van der Waals surface area (Å²) in [6, 6.07) is 21.0. The summed E-state index contributed by atoms with van der Waals surface area (Å²) < 4.78 is 20.3. The van der Waals surface area contributed by atoms with Crippen molar-refractivity contribution in [1.82, 2.24) is 14.8 Å². The van der Waals surface area contributed by atoms with Crippen LogP contribution in [0.3, 0.4) is 0 Å². The first-order valence-corrected chi connectivity index (χ1v) is 10.8. The molecule has 0 bridgehead atoms. The maximum atomic E-state index is 13.2. The Hall–Kier alpha value is -2.87. The largest absolute Gasteiger partial charge is 0.495 e. The number of methoxy groups -OCH3 is 1. The molecule has 0 saturated carbocycles. The quantitative estimate of drug-likeness (QED) is 0.369. The monoisotopic (exact) mass is 455 g/mol. The molecule has 0 aliphatic carbocycles. The minimum atomic E-state index is -0.782. The third kappa shape index (κ3) is 4.74. The van der Waals surface area contributed by atoms with Gasteiger partial charge in [-0.25, -0.2) is 4.39 Å². The maximum absolute atomic E-state index is 13.2. The van der Waals surface area contributed by atoms with Crippen LogP contribution in [0.1, 0.15) is 11.7 Å². The minimum Gasteiger partial charge on any atom is -0.495 e. The van der Waals surface area contributed by atoms with Crippen molar-refractivity contribution in [3.8, 4) is 22.8 Å². The lowest BCUT2D eigenvalue weighted by Crippen LogP contribution is -2.04. The molecule has 4 rings (SSSR count). The Morgan fingerprint density at radius 1 is 1.06 bits per heavy atom. The molecule has 0 radical (unpaired) electrons. The van der Waals surface area contributed by atoms with E-state index < -0.39 is 6.10 Å². The van der Waals surface area contributed by atoms with Crippen molar-refractivity contribution in [3.05, 3.63) is 89.2 Å². The molecule has 1 N–H and O–H groups in total. The van der Waals surface area contributed by atoms with Gasteiger partial charge in [-0.1, -0.05) is 65.8 Å². The summed E-state index contributed by atoms with van der Waals surface area (Å²) >= 11 is 7.71. The zero-order valence-electron chi connectivity index (χ0n) is 16.6. The number of benzene rings is 3. The van der Waals surface area contributed by atoms with Crippen LogP contribution in [0.2, 0.25) is 5.02 Å². The molecule has 0 saturated heterocycles. The predicted octanol–water partition coefficient (Wildman–Crippen LogP) is 5.56. The SMILES string of the molecule is COc1ccc(-n2c(SC[C@H](O)c3ccc(F)cc3)nnc2-c2ccccc2)cc1Cl. The summed E-state index contributed by atoms with van der Waals surface area (Å²) in [5.74, 6) is 1.20. The van der Waals surface area contributed by atoms with E-state index in [0.29, 0.717) is 33.1 Å². The second-order valence-electron chi connectivity index (χ2n) is 6.70. The highest BCUT2D eigenvalue weighted by Crippen LogP contribution is 2.33. The first-order valence-electron chi connectivity index (χ1n) is 9.48. The van der Waals surface area contributed by atoms with Crippen LogP contribution in [-0.4, -0.2) is 32.7 Å². The number of rotatable bonds is 7. The standard InChI is InChI=1S/C23H19ClFN3O2S/c1-30-21-12-11-18(13-19(21)24)28-22(16-5-3-2-4-6-16)26-27-23(28)31-14-20(29)15-7-9-17(25)10-8-15/h2-13,20,29H,14H2,1H3/t20-/m0/s1. The smallest absolute Gasteiger partial charge is 0.196 e. The fourth-order valence-corrected chi connectivity index (χ4v) is 4.27. The van der Waals surface area contributed by atoms with Crippen LogP contribution in [0, 0.1) is 5.82 Å². The first kappa shape index (κ1) is 21.4. The lowest BCUT2D eigenvalue weighted by molar-refractivity contribution is 0.204. The zero-order chi connectivity index (χ0) is 21.8. The minimum absolute atomic E-state index is 0.322. The second-order valence-corrected chi connectivity index (χ2v) is 8.10. The summed E-state index contributed by atoms with van der Waals surface area (Å²) in [7, 11) is 1.56. The molecule has 4 aromatic rings. The van der Waals surface area contributed by atoms with Gasteiger partial charge >= 0.3 is 0 Å². The molecule has 0 unspecified atom stereocenters. The highest BCUT2D eigenvalue weighted by atomic mass is 35.5. The number of aliphatic hydroxyl groups excluding tert-OH is 1. The number of halogens is 2. The van der Waals surface area contributed by atoms with Crippen molar-refractivity contribution in [3.63, 3.8) is 0 Å². The molecule has 0 fully saturated rings. The topological polar surface area (TPSA) is 60.2 Å². The average Bonchev–Trinajstić information content (AvgIpc) is 3.22. The molecule has 0 spiro atoms. The van der Waals surface area contributed by atoms with E-state index >= 15 is 0 Å².